The van der Waals surface area contributed by atoms with Gasteiger partial charge in [0.05, 0.1) is 19.6 Å². The highest BCUT2D eigenvalue weighted by atomic mass is 35.7. The molecule has 0 aliphatic carbocycles. The van der Waals surface area contributed by atoms with E-state index >= 15 is 0 Å². The molecule has 0 aromatic heterocycles. The van der Waals surface area contributed by atoms with Crippen molar-refractivity contribution in [3.05, 3.63) is 56.6 Å². The number of nitro groups is 2. The van der Waals surface area contributed by atoms with Gasteiger partial charge in [-0.15, -0.1) is 0 Å². The van der Waals surface area contributed by atoms with Crippen LogP contribution in [-0.4, -0.2) is 26.7 Å². The predicted molar refractivity (Wildman–Crippen MR) is 91.3 cm³/mol. The van der Waals surface area contributed by atoms with Crippen molar-refractivity contribution in [1.82, 2.24) is 0 Å². The lowest BCUT2D eigenvalue weighted by molar-refractivity contribution is -0.385. The molecule has 10 nitrogen and oxygen atoms in total. The normalized spacial score (nSPS) is 11.9. The summed E-state index contributed by atoms with van der Waals surface area (Å²) in [5.41, 5.74) is -1.85. The molecule has 0 N–H and O–H groups in total. The molecule has 2 aromatic rings. The highest BCUT2D eigenvalue weighted by molar-refractivity contribution is 8.14. The quantitative estimate of drug-likeness (QED) is 0.390. The molecular weight excluding hydrogens is 435 g/mol. The van der Waals surface area contributed by atoms with Crippen LogP contribution in [0.3, 0.4) is 0 Å². The van der Waals surface area contributed by atoms with Crippen molar-refractivity contribution >= 4 is 50.8 Å². The Labute approximate surface area is 155 Å². The summed E-state index contributed by atoms with van der Waals surface area (Å²) in [6.45, 7) is 0. The summed E-state index contributed by atoms with van der Waals surface area (Å²) in [5, 5.41) is 21.7. The molecule has 0 amide bonds. The van der Waals surface area contributed by atoms with Gasteiger partial charge in [-0.3, -0.25) is 20.2 Å². The van der Waals surface area contributed by atoms with Gasteiger partial charge in [-0.25, -0.2) is 16.8 Å². The average Bonchev–Trinajstić information content (AvgIpc) is 2.52. The van der Waals surface area contributed by atoms with E-state index in [0.717, 1.165) is 24.3 Å². The highest BCUT2D eigenvalue weighted by Gasteiger charge is 2.27. The SMILES string of the molecule is O=[N+]([O-])c1ccc(-c2ccc([N+](=O)[O-])cc2S(=O)(=O)Cl)c(S(=O)(=O)Cl)c1. The van der Waals surface area contributed by atoms with Crippen molar-refractivity contribution in [2.24, 2.45) is 0 Å². The van der Waals surface area contributed by atoms with E-state index < -0.39 is 49.1 Å². The van der Waals surface area contributed by atoms with Gasteiger partial charge in [-0.1, -0.05) is 0 Å². The first-order chi connectivity index (χ1) is 11.8. The largest absolute Gasteiger partial charge is 0.270 e. The third-order valence-electron chi connectivity index (χ3n) is 3.17. The molecule has 0 bridgehead atoms. The van der Waals surface area contributed by atoms with Crippen molar-refractivity contribution in [3.63, 3.8) is 0 Å². The molecule has 0 aliphatic heterocycles. The molecule has 0 fully saturated rings. The summed E-state index contributed by atoms with van der Waals surface area (Å²) in [5.74, 6) is 0. The molecule has 0 heterocycles. The summed E-state index contributed by atoms with van der Waals surface area (Å²) in [6, 6.07) is 5.05. The molecule has 0 spiro atoms. The Bertz CT molecular complexity index is 1050. The Kier molecular flexibility index (Phi) is 5.24. The van der Waals surface area contributed by atoms with Crippen LogP contribution in [0.15, 0.2) is 46.2 Å². The molecule has 0 atom stereocenters. The van der Waals surface area contributed by atoms with Gasteiger partial charge in [0.25, 0.3) is 29.5 Å². The first-order valence-electron chi connectivity index (χ1n) is 6.29. The second kappa shape index (κ2) is 6.79. The van der Waals surface area contributed by atoms with Crippen LogP contribution in [0.25, 0.3) is 11.1 Å². The van der Waals surface area contributed by atoms with Crippen LogP contribution in [-0.2, 0) is 18.1 Å². The fourth-order valence-corrected chi connectivity index (χ4v) is 4.27. The van der Waals surface area contributed by atoms with E-state index in [0.29, 0.717) is 12.1 Å². The molecule has 2 rings (SSSR count). The number of rotatable bonds is 5. The van der Waals surface area contributed by atoms with Crippen LogP contribution in [0, 0.1) is 20.2 Å². The van der Waals surface area contributed by atoms with Crippen LogP contribution < -0.4 is 0 Å². The maximum absolute atomic E-state index is 11.8. The second-order valence-corrected chi connectivity index (χ2v) is 9.82. The number of halogens is 2. The molecule has 2 aromatic carbocycles. The Morgan fingerprint density at radius 1 is 0.692 bits per heavy atom. The Morgan fingerprint density at radius 3 is 1.23 bits per heavy atom. The zero-order valence-electron chi connectivity index (χ0n) is 12.2. The molecule has 14 heteroatoms. The van der Waals surface area contributed by atoms with Crippen LogP contribution >= 0.6 is 21.4 Å². The fraction of sp³-hybridized carbons (Fsp3) is 0. The van der Waals surface area contributed by atoms with E-state index in [1.165, 1.54) is 0 Å². The van der Waals surface area contributed by atoms with Gasteiger partial charge >= 0.3 is 0 Å². The number of hydrogen-bond acceptors (Lipinski definition) is 8. The molecule has 0 unspecified atom stereocenters. The minimum absolute atomic E-state index is 0.320. The average molecular weight is 441 g/mol. The summed E-state index contributed by atoms with van der Waals surface area (Å²) in [6.07, 6.45) is 0. The third kappa shape index (κ3) is 4.09. The monoisotopic (exact) mass is 440 g/mol. The fourth-order valence-electron chi connectivity index (χ4n) is 2.10. The van der Waals surface area contributed by atoms with Gasteiger partial charge in [0.1, 0.15) is 0 Å². The predicted octanol–water partition coefficient (Wildman–Crippen LogP) is 3.03. The van der Waals surface area contributed by atoms with Gasteiger partial charge in [-0.05, 0) is 12.1 Å². The molecule has 0 radical (unpaired) electrons. The van der Waals surface area contributed by atoms with E-state index in [-0.39, 0.29) is 11.1 Å². The van der Waals surface area contributed by atoms with E-state index in [1.807, 2.05) is 0 Å². The van der Waals surface area contributed by atoms with Crippen LogP contribution in [0.2, 0.25) is 0 Å². The lowest BCUT2D eigenvalue weighted by atomic mass is 10.0. The molecule has 138 valence electrons. The van der Waals surface area contributed by atoms with Gasteiger partial charge in [0, 0.05) is 56.8 Å². The number of non-ortho nitro benzene ring substituents is 2. The summed E-state index contributed by atoms with van der Waals surface area (Å²) >= 11 is 0. The minimum atomic E-state index is -4.53. The second-order valence-electron chi connectivity index (χ2n) is 4.75. The molecule has 0 saturated carbocycles. The zero-order chi connectivity index (χ0) is 19.9. The summed E-state index contributed by atoms with van der Waals surface area (Å²) < 4.78 is 47.2. The van der Waals surface area contributed by atoms with E-state index in [1.54, 1.807) is 0 Å². The number of benzene rings is 2. The van der Waals surface area contributed by atoms with Crippen LogP contribution in [0.1, 0.15) is 0 Å². The summed E-state index contributed by atoms with van der Waals surface area (Å²) in [7, 11) is 1.53. The molecule has 0 saturated heterocycles. The highest BCUT2D eigenvalue weighted by Crippen LogP contribution is 2.38. The summed E-state index contributed by atoms with van der Waals surface area (Å²) in [4.78, 5) is 18.5. The van der Waals surface area contributed by atoms with Crippen molar-refractivity contribution in [2.45, 2.75) is 9.79 Å². The topological polar surface area (TPSA) is 155 Å². The standard InChI is InChI=1S/C12H6Cl2N2O8S2/c13-25(21,22)11-5-7(15(17)18)1-3-9(11)10-4-2-8(16(19)20)6-12(10)26(14,23)24/h1-6H. The van der Waals surface area contributed by atoms with Gasteiger partial charge < -0.3 is 0 Å². The van der Waals surface area contributed by atoms with Crippen LogP contribution in [0.5, 0.6) is 0 Å². The van der Waals surface area contributed by atoms with Crippen molar-refractivity contribution < 1.29 is 26.7 Å². The van der Waals surface area contributed by atoms with Gasteiger partial charge in [0.2, 0.25) is 0 Å². The van der Waals surface area contributed by atoms with Crippen molar-refractivity contribution in [3.8, 4) is 11.1 Å². The van der Waals surface area contributed by atoms with Gasteiger partial charge in [-0.2, -0.15) is 0 Å². The van der Waals surface area contributed by atoms with E-state index in [2.05, 4.69) is 0 Å². The lowest BCUT2D eigenvalue weighted by Gasteiger charge is -2.10. The minimum Gasteiger partial charge on any atom is -0.258 e. The lowest BCUT2D eigenvalue weighted by Crippen LogP contribution is -2.02. The Hall–Kier alpha value is -2.28. The maximum Gasteiger partial charge on any atom is 0.270 e. The zero-order valence-corrected chi connectivity index (χ0v) is 15.3. The molecular formula is C12H6Cl2N2O8S2. The van der Waals surface area contributed by atoms with E-state index in [9.17, 15) is 37.1 Å². The number of nitrogens with zero attached hydrogens (tertiary/aromatic N) is 2. The van der Waals surface area contributed by atoms with Crippen molar-refractivity contribution in [1.29, 1.82) is 0 Å². The van der Waals surface area contributed by atoms with Gasteiger partial charge in [0.15, 0.2) is 0 Å². The molecule has 26 heavy (non-hydrogen) atoms. The van der Waals surface area contributed by atoms with Crippen LogP contribution in [0.4, 0.5) is 11.4 Å². The molecule has 0 aliphatic rings. The van der Waals surface area contributed by atoms with Crippen molar-refractivity contribution in [2.75, 3.05) is 0 Å². The first-order valence-corrected chi connectivity index (χ1v) is 10.9. The Morgan fingerprint density at radius 2 is 1.00 bits per heavy atom. The maximum atomic E-state index is 11.8. The first kappa shape index (κ1) is 20.0. The van der Waals surface area contributed by atoms with E-state index in [4.69, 9.17) is 21.4 Å². The third-order valence-corrected chi connectivity index (χ3v) is 5.89. The smallest absolute Gasteiger partial charge is 0.258 e. The Balaban J connectivity index is 2.92. The number of hydrogen-bond donors (Lipinski definition) is 0. The number of nitro benzene ring substituents is 2.